The van der Waals surface area contributed by atoms with Crippen LogP contribution < -0.4 is 4.74 Å². The molecule has 0 spiro atoms. The topological polar surface area (TPSA) is 37.4 Å². The molecule has 0 atom stereocenters. The molecule has 17 heavy (non-hydrogen) atoms. The molecule has 0 saturated carbocycles. The van der Waals surface area contributed by atoms with Crippen molar-refractivity contribution in [2.45, 2.75) is 6.61 Å². The Hall–Kier alpha value is -1.92. The van der Waals surface area contributed by atoms with Crippen LogP contribution in [-0.4, -0.2) is 13.9 Å². The quantitative estimate of drug-likeness (QED) is 0.455. The van der Waals surface area contributed by atoms with E-state index in [9.17, 15) is 26.0 Å². The van der Waals surface area contributed by atoms with Crippen molar-refractivity contribution < 1.29 is 30.8 Å². The molecule has 0 saturated heterocycles. The molecule has 0 fully saturated rings. The van der Waals surface area contributed by atoms with E-state index in [-0.39, 0.29) is 11.4 Å². The van der Waals surface area contributed by atoms with E-state index in [1.807, 2.05) is 0 Å². The lowest BCUT2D eigenvalue weighted by Crippen LogP contribution is -2.02. The summed E-state index contributed by atoms with van der Waals surface area (Å²) >= 11 is 0. The standard InChI is InChI=1S/C7H5F2N2O.BF4/c8-7(9)12-6-4-2-1-3-5(6)11-10;2-1(3,4)5/h1-4,7H;/q+1;-1. The number of diazo groups is 1. The van der Waals surface area contributed by atoms with E-state index < -0.39 is 13.9 Å². The molecular formula is C7H5BF6N2O. The van der Waals surface area contributed by atoms with E-state index in [0.717, 1.165) is 0 Å². The van der Waals surface area contributed by atoms with Gasteiger partial charge in [0.2, 0.25) is 11.1 Å². The first-order valence-electron chi connectivity index (χ1n) is 4.00. The number of nitrogens with zero attached hydrogens (tertiary/aromatic N) is 2. The summed E-state index contributed by atoms with van der Waals surface area (Å²) < 4.78 is 66.4. The number of para-hydroxylation sites is 1. The van der Waals surface area contributed by atoms with Gasteiger partial charge in [-0.05, 0) is 6.07 Å². The van der Waals surface area contributed by atoms with Crippen LogP contribution in [-0.2, 0) is 0 Å². The number of ether oxygens (including phenoxy) is 1. The fourth-order valence-electron chi connectivity index (χ4n) is 0.735. The fraction of sp³-hybridized carbons (Fsp3) is 0.143. The molecule has 1 rings (SSSR count). The number of alkyl halides is 2. The van der Waals surface area contributed by atoms with Crippen molar-refractivity contribution in [2.75, 3.05) is 0 Å². The van der Waals surface area contributed by atoms with Crippen LogP contribution in [0.15, 0.2) is 24.3 Å². The van der Waals surface area contributed by atoms with Crippen LogP contribution in [0.4, 0.5) is 31.7 Å². The second-order valence-corrected chi connectivity index (χ2v) is 2.44. The van der Waals surface area contributed by atoms with Crippen molar-refractivity contribution in [3.8, 4) is 5.75 Å². The van der Waals surface area contributed by atoms with Gasteiger partial charge in [-0.25, -0.2) is 0 Å². The van der Waals surface area contributed by atoms with Crippen LogP contribution in [0.1, 0.15) is 0 Å². The van der Waals surface area contributed by atoms with Crippen LogP contribution in [0, 0.1) is 5.39 Å². The van der Waals surface area contributed by atoms with Gasteiger partial charge in [-0.3, -0.25) is 0 Å². The Morgan fingerprint density at radius 3 is 2.00 bits per heavy atom. The number of rotatable bonds is 2. The van der Waals surface area contributed by atoms with Gasteiger partial charge >= 0.3 is 19.6 Å². The van der Waals surface area contributed by atoms with Gasteiger partial charge in [0.1, 0.15) is 0 Å². The fourth-order valence-corrected chi connectivity index (χ4v) is 0.735. The maximum absolute atomic E-state index is 11.7. The van der Waals surface area contributed by atoms with Crippen LogP contribution in [0.2, 0.25) is 0 Å². The zero-order chi connectivity index (χ0) is 13.5. The van der Waals surface area contributed by atoms with Gasteiger partial charge in [0.05, 0.1) is 0 Å². The molecule has 0 heterocycles. The molecule has 0 aliphatic carbocycles. The molecule has 10 heteroatoms. The van der Waals surface area contributed by atoms with Crippen molar-refractivity contribution in [1.82, 2.24) is 0 Å². The zero-order valence-electron chi connectivity index (χ0n) is 8.03. The summed E-state index contributed by atoms with van der Waals surface area (Å²) in [5.74, 6) is -0.144. The third-order valence-corrected chi connectivity index (χ3v) is 1.19. The highest BCUT2D eigenvalue weighted by molar-refractivity contribution is 6.50. The number of halogens is 6. The second kappa shape index (κ2) is 6.62. The third kappa shape index (κ3) is 9.04. The molecular weight excluding hydrogens is 253 g/mol. The van der Waals surface area contributed by atoms with Gasteiger partial charge in [0.25, 0.3) is 0 Å². The SMILES string of the molecule is F[B-](F)(F)F.N#[N+]c1ccccc1OC(F)F. The van der Waals surface area contributed by atoms with Crippen molar-refractivity contribution in [3.63, 3.8) is 0 Å². The first-order valence-corrected chi connectivity index (χ1v) is 4.00. The Kier molecular flexibility index (Phi) is 5.88. The summed E-state index contributed by atoms with van der Waals surface area (Å²) in [5, 5.41) is 8.33. The first-order chi connectivity index (χ1) is 7.74. The van der Waals surface area contributed by atoms with E-state index in [1.54, 1.807) is 6.07 Å². The molecule has 1 aromatic rings. The van der Waals surface area contributed by atoms with E-state index in [1.165, 1.54) is 18.2 Å². The van der Waals surface area contributed by atoms with Gasteiger partial charge in [0, 0.05) is 6.07 Å². The third-order valence-electron chi connectivity index (χ3n) is 1.19. The van der Waals surface area contributed by atoms with Crippen molar-refractivity contribution in [1.29, 1.82) is 5.39 Å². The lowest BCUT2D eigenvalue weighted by atomic mass is 10.3. The van der Waals surface area contributed by atoms with Crippen molar-refractivity contribution in [3.05, 3.63) is 29.2 Å². The van der Waals surface area contributed by atoms with Crippen LogP contribution in [0.25, 0.3) is 4.98 Å². The highest BCUT2D eigenvalue weighted by atomic mass is 19.5. The Balaban J connectivity index is 0.000000437. The molecule has 0 radical (unpaired) electrons. The number of hydrogen-bond donors (Lipinski definition) is 0. The molecule has 0 aliphatic heterocycles. The Labute approximate surface area is 91.7 Å². The molecule has 0 bridgehead atoms. The summed E-state index contributed by atoms with van der Waals surface area (Å²) in [4.78, 5) is 2.77. The van der Waals surface area contributed by atoms with Gasteiger partial charge in [-0.2, -0.15) is 8.78 Å². The minimum Gasteiger partial charge on any atom is -0.426 e. The molecule has 94 valence electrons. The molecule has 0 aromatic heterocycles. The Morgan fingerprint density at radius 1 is 1.12 bits per heavy atom. The Bertz CT molecular complexity index is 385. The predicted molar refractivity (Wildman–Crippen MR) is 48.0 cm³/mol. The molecule has 0 unspecified atom stereocenters. The average Bonchev–Trinajstić information content (AvgIpc) is 2.15. The van der Waals surface area contributed by atoms with Gasteiger partial charge < -0.3 is 22.0 Å². The lowest BCUT2D eigenvalue weighted by molar-refractivity contribution is -0.0492. The smallest absolute Gasteiger partial charge is 0.426 e. The van der Waals surface area contributed by atoms with E-state index in [4.69, 9.17) is 5.39 Å². The van der Waals surface area contributed by atoms with Gasteiger partial charge in [-0.15, -0.1) is 0 Å². The predicted octanol–water partition coefficient (Wildman–Crippen LogP) is 4.07. The highest BCUT2D eigenvalue weighted by Gasteiger charge is 2.20. The monoisotopic (exact) mass is 258 g/mol. The summed E-state index contributed by atoms with van der Waals surface area (Å²) in [6.07, 6.45) is 0. The van der Waals surface area contributed by atoms with Crippen LogP contribution in [0.3, 0.4) is 0 Å². The maximum atomic E-state index is 11.7. The normalized spacial score (nSPS) is 10.2. The van der Waals surface area contributed by atoms with E-state index >= 15 is 0 Å². The van der Waals surface area contributed by atoms with Crippen molar-refractivity contribution in [2.24, 2.45) is 0 Å². The summed E-state index contributed by atoms with van der Waals surface area (Å²) in [6.45, 7) is -2.91. The Morgan fingerprint density at radius 2 is 1.59 bits per heavy atom. The second-order valence-electron chi connectivity index (χ2n) is 2.44. The summed E-state index contributed by atoms with van der Waals surface area (Å²) in [6, 6.07) is 5.71. The summed E-state index contributed by atoms with van der Waals surface area (Å²) in [5.41, 5.74) is -0.0159. The highest BCUT2D eigenvalue weighted by Crippen LogP contribution is 2.27. The molecule has 0 N–H and O–H groups in total. The summed E-state index contributed by atoms with van der Waals surface area (Å²) in [7, 11) is -6.00. The first kappa shape index (κ1) is 15.1. The molecule has 1 aromatic carbocycles. The number of benzene rings is 1. The maximum Gasteiger partial charge on any atom is 0.673 e. The van der Waals surface area contributed by atoms with E-state index in [0.29, 0.717) is 0 Å². The van der Waals surface area contributed by atoms with Gasteiger partial charge in [0.15, 0.2) is 4.98 Å². The molecule has 3 nitrogen and oxygen atoms in total. The zero-order valence-corrected chi connectivity index (χ0v) is 8.03. The number of hydrogen-bond acceptors (Lipinski definition) is 2. The largest absolute Gasteiger partial charge is 0.673 e. The van der Waals surface area contributed by atoms with Gasteiger partial charge in [-0.1, -0.05) is 12.1 Å². The van der Waals surface area contributed by atoms with E-state index in [2.05, 4.69) is 9.71 Å². The van der Waals surface area contributed by atoms with Crippen LogP contribution in [0.5, 0.6) is 5.75 Å². The lowest BCUT2D eigenvalue weighted by Gasteiger charge is -1.99. The molecule has 0 amide bonds. The van der Waals surface area contributed by atoms with Crippen LogP contribution >= 0.6 is 0 Å². The molecule has 0 aliphatic rings. The minimum atomic E-state index is -6.00. The average molecular weight is 258 g/mol. The van der Waals surface area contributed by atoms with Crippen molar-refractivity contribution >= 4 is 12.9 Å². The minimum absolute atomic E-state index is 0.0159.